The number of likely N-dealkylation sites (N-methyl/N-ethyl adjacent to an activating group) is 1. The summed E-state index contributed by atoms with van der Waals surface area (Å²) in [7, 11) is 6.16. The summed E-state index contributed by atoms with van der Waals surface area (Å²) in [5.41, 5.74) is 0.988. The minimum atomic E-state index is 0.281. The Morgan fingerprint density at radius 1 is 1.25 bits per heavy atom. The second kappa shape index (κ2) is 5.89. The molecule has 88 valence electrons. The SMILES string of the molecule is C[N+](C)(C)CCO.c1ccc2snnc2c1. The van der Waals surface area contributed by atoms with Gasteiger partial charge < -0.3 is 9.59 Å². The fourth-order valence-corrected chi connectivity index (χ4v) is 1.58. The van der Waals surface area contributed by atoms with Crippen LogP contribution in [0, 0.1) is 0 Å². The van der Waals surface area contributed by atoms with Crippen LogP contribution in [0.15, 0.2) is 24.3 Å². The molecule has 5 heteroatoms. The Labute approximate surface area is 99.9 Å². The van der Waals surface area contributed by atoms with Crippen LogP contribution in [0.5, 0.6) is 0 Å². The zero-order chi connectivity index (χ0) is 12.0. The minimum Gasteiger partial charge on any atom is -0.391 e. The summed E-state index contributed by atoms with van der Waals surface area (Å²) in [6, 6.07) is 7.92. The van der Waals surface area contributed by atoms with E-state index in [9.17, 15) is 0 Å². The smallest absolute Gasteiger partial charge is 0.105 e. The highest BCUT2D eigenvalue weighted by molar-refractivity contribution is 7.12. The molecule has 0 saturated carbocycles. The average Bonchev–Trinajstić information content (AvgIpc) is 2.64. The summed E-state index contributed by atoms with van der Waals surface area (Å²) in [5.74, 6) is 0. The van der Waals surface area contributed by atoms with Crippen LogP contribution in [0.1, 0.15) is 0 Å². The van der Waals surface area contributed by atoms with Gasteiger partial charge in [-0.15, -0.1) is 5.10 Å². The molecule has 0 bridgehead atoms. The molecule has 2 rings (SSSR count). The summed E-state index contributed by atoms with van der Waals surface area (Å²) in [5, 5.41) is 12.3. The summed E-state index contributed by atoms with van der Waals surface area (Å²) in [4.78, 5) is 0. The van der Waals surface area contributed by atoms with Gasteiger partial charge in [-0.05, 0) is 23.7 Å². The van der Waals surface area contributed by atoms with Crippen molar-refractivity contribution in [1.82, 2.24) is 9.59 Å². The highest BCUT2D eigenvalue weighted by Crippen LogP contribution is 2.12. The molecule has 0 aliphatic carbocycles. The average molecular weight is 240 g/mol. The van der Waals surface area contributed by atoms with E-state index in [1.807, 2.05) is 24.3 Å². The summed E-state index contributed by atoms with van der Waals surface area (Å²) in [6.45, 7) is 1.11. The monoisotopic (exact) mass is 240 g/mol. The van der Waals surface area contributed by atoms with Crippen LogP contribution in [0.2, 0.25) is 0 Å². The molecule has 1 N–H and O–H groups in total. The lowest BCUT2D eigenvalue weighted by molar-refractivity contribution is -0.870. The molecule has 0 aliphatic heterocycles. The number of rotatable bonds is 2. The number of benzene rings is 1. The number of aromatic nitrogens is 2. The number of fused-ring (bicyclic) bond motifs is 1. The Balaban J connectivity index is 0.000000168. The van der Waals surface area contributed by atoms with Crippen molar-refractivity contribution in [3.05, 3.63) is 24.3 Å². The molecule has 1 aromatic carbocycles. The van der Waals surface area contributed by atoms with Gasteiger partial charge in [-0.25, -0.2) is 0 Å². The summed E-state index contributed by atoms with van der Waals surface area (Å²) < 4.78 is 5.79. The van der Waals surface area contributed by atoms with Gasteiger partial charge in [0.2, 0.25) is 0 Å². The molecule has 0 atom stereocenters. The van der Waals surface area contributed by atoms with E-state index in [1.54, 1.807) is 0 Å². The third kappa shape index (κ3) is 4.65. The van der Waals surface area contributed by atoms with Gasteiger partial charge in [0.15, 0.2) is 0 Å². The lowest BCUT2D eigenvalue weighted by Crippen LogP contribution is -2.36. The molecular formula is C11H18N3OS+. The van der Waals surface area contributed by atoms with E-state index in [0.717, 1.165) is 21.2 Å². The fraction of sp³-hybridized carbons (Fsp3) is 0.455. The normalized spacial score (nSPS) is 11.0. The van der Waals surface area contributed by atoms with E-state index in [2.05, 4.69) is 30.7 Å². The fourth-order valence-electron chi connectivity index (χ4n) is 1.03. The van der Waals surface area contributed by atoms with Crippen molar-refractivity contribution in [3.63, 3.8) is 0 Å². The Morgan fingerprint density at radius 3 is 2.44 bits per heavy atom. The number of hydrogen-bond donors (Lipinski definition) is 1. The Bertz CT molecular complexity index is 392. The van der Waals surface area contributed by atoms with E-state index in [4.69, 9.17) is 5.11 Å². The van der Waals surface area contributed by atoms with Gasteiger partial charge >= 0.3 is 0 Å². The molecule has 0 radical (unpaired) electrons. The number of hydrogen-bond acceptors (Lipinski definition) is 4. The Hall–Kier alpha value is -1.04. The molecule has 2 aromatic rings. The number of nitrogens with zero attached hydrogens (tertiary/aromatic N) is 3. The molecule has 1 aromatic heterocycles. The Kier molecular flexibility index (Phi) is 4.79. The van der Waals surface area contributed by atoms with Crippen molar-refractivity contribution in [2.24, 2.45) is 0 Å². The molecular weight excluding hydrogens is 222 g/mol. The highest BCUT2D eigenvalue weighted by Gasteiger charge is 2.02. The van der Waals surface area contributed by atoms with Crippen LogP contribution in [0.25, 0.3) is 10.2 Å². The molecule has 0 amide bonds. The highest BCUT2D eigenvalue weighted by atomic mass is 32.1. The topological polar surface area (TPSA) is 46.0 Å². The van der Waals surface area contributed by atoms with Gasteiger partial charge in [-0.3, -0.25) is 0 Å². The van der Waals surface area contributed by atoms with Crippen LogP contribution < -0.4 is 0 Å². The van der Waals surface area contributed by atoms with E-state index < -0.39 is 0 Å². The zero-order valence-electron chi connectivity index (χ0n) is 9.92. The van der Waals surface area contributed by atoms with Crippen molar-refractivity contribution in [3.8, 4) is 0 Å². The maximum atomic E-state index is 8.39. The van der Waals surface area contributed by atoms with Crippen molar-refractivity contribution >= 4 is 21.7 Å². The summed E-state index contributed by atoms with van der Waals surface area (Å²) >= 11 is 1.43. The maximum absolute atomic E-state index is 8.39. The van der Waals surface area contributed by atoms with Crippen molar-refractivity contribution in [1.29, 1.82) is 0 Å². The van der Waals surface area contributed by atoms with E-state index in [1.165, 1.54) is 11.5 Å². The van der Waals surface area contributed by atoms with Gasteiger partial charge in [0, 0.05) is 0 Å². The van der Waals surface area contributed by atoms with E-state index in [-0.39, 0.29) is 6.61 Å². The van der Waals surface area contributed by atoms with Crippen molar-refractivity contribution in [2.45, 2.75) is 0 Å². The standard InChI is InChI=1S/C6H4N2S.C5H14NO/c1-2-4-6-5(3-1)7-8-9-6;1-6(2,3)4-5-7/h1-4H;7H,4-5H2,1-3H3/q;+1. The molecule has 0 spiro atoms. The second-order valence-electron chi connectivity index (χ2n) is 4.48. The molecule has 16 heavy (non-hydrogen) atoms. The first-order valence-corrected chi connectivity index (χ1v) is 5.89. The van der Waals surface area contributed by atoms with E-state index in [0.29, 0.717) is 0 Å². The van der Waals surface area contributed by atoms with Crippen LogP contribution >= 0.6 is 11.5 Å². The zero-order valence-corrected chi connectivity index (χ0v) is 10.7. The number of aliphatic hydroxyl groups is 1. The molecule has 0 unspecified atom stereocenters. The quantitative estimate of drug-likeness (QED) is 0.807. The Morgan fingerprint density at radius 2 is 1.94 bits per heavy atom. The largest absolute Gasteiger partial charge is 0.391 e. The lowest BCUT2D eigenvalue weighted by atomic mass is 10.3. The predicted molar refractivity (Wildman–Crippen MR) is 67.4 cm³/mol. The first-order valence-electron chi connectivity index (χ1n) is 5.11. The number of quaternary nitrogens is 1. The third-order valence-corrected chi connectivity index (χ3v) is 2.63. The van der Waals surface area contributed by atoms with Gasteiger partial charge in [0.1, 0.15) is 12.1 Å². The van der Waals surface area contributed by atoms with Crippen LogP contribution in [0.4, 0.5) is 0 Å². The van der Waals surface area contributed by atoms with Crippen LogP contribution in [-0.4, -0.2) is 53.5 Å². The van der Waals surface area contributed by atoms with Gasteiger partial charge in [-0.1, -0.05) is 16.6 Å². The van der Waals surface area contributed by atoms with Crippen LogP contribution in [-0.2, 0) is 0 Å². The third-order valence-electron chi connectivity index (χ3n) is 1.92. The van der Waals surface area contributed by atoms with Crippen molar-refractivity contribution < 1.29 is 9.59 Å². The van der Waals surface area contributed by atoms with Gasteiger partial charge in [-0.2, -0.15) is 0 Å². The second-order valence-corrected chi connectivity index (χ2v) is 5.26. The predicted octanol–water partition coefficient (Wildman–Crippen LogP) is 1.38. The van der Waals surface area contributed by atoms with Crippen molar-refractivity contribution in [2.75, 3.05) is 34.3 Å². The molecule has 4 nitrogen and oxygen atoms in total. The van der Waals surface area contributed by atoms with Crippen LogP contribution in [0.3, 0.4) is 0 Å². The van der Waals surface area contributed by atoms with Gasteiger partial charge in [0.25, 0.3) is 0 Å². The molecule has 1 heterocycles. The lowest BCUT2D eigenvalue weighted by Gasteiger charge is -2.21. The minimum absolute atomic E-state index is 0.281. The maximum Gasteiger partial charge on any atom is 0.105 e. The molecule has 0 saturated heterocycles. The first kappa shape index (κ1) is 13.0. The first-order chi connectivity index (χ1) is 7.53. The molecule has 0 fully saturated rings. The van der Waals surface area contributed by atoms with E-state index >= 15 is 0 Å². The van der Waals surface area contributed by atoms with Gasteiger partial charge in [0.05, 0.1) is 32.4 Å². The molecule has 0 aliphatic rings. The number of aliphatic hydroxyl groups excluding tert-OH is 1. The summed E-state index contributed by atoms with van der Waals surface area (Å²) in [6.07, 6.45) is 0.